The van der Waals surface area contributed by atoms with Crippen LogP contribution in [0.5, 0.6) is 0 Å². The number of amides is 1. The summed E-state index contributed by atoms with van der Waals surface area (Å²) in [6.07, 6.45) is 0.967. The molecule has 1 aromatic heterocycles. The number of nitrogens with zero attached hydrogens (tertiary/aromatic N) is 2. The molecule has 0 aliphatic carbocycles. The summed E-state index contributed by atoms with van der Waals surface area (Å²) in [6.45, 7) is 1.45. The fourth-order valence-electron chi connectivity index (χ4n) is 1.77. The van der Waals surface area contributed by atoms with Gasteiger partial charge >= 0.3 is 0 Å². The highest BCUT2D eigenvalue weighted by Crippen LogP contribution is 2.12. The van der Waals surface area contributed by atoms with E-state index in [2.05, 4.69) is 4.40 Å². The molecule has 2 N–H and O–H groups in total. The zero-order valence-electron chi connectivity index (χ0n) is 11.7. The molecule has 0 spiro atoms. The van der Waals surface area contributed by atoms with Gasteiger partial charge in [0.1, 0.15) is 17.8 Å². The van der Waals surface area contributed by atoms with Gasteiger partial charge in [-0.1, -0.05) is 17.7 Å². The monoisotopic (exact) mass is 323 g/mol. The molecule has 1 heterocycles. The molecule has 1 amide bonds. The molecule has 2 rings (SSSR count). The van der Waals surface area contributed by atoms with Gasteiger partial charge in [0.15, 0.2) is 0 Å². The number of hydrogen-bond acceptors (Lipinski definition) is 3. The third-order valence-electron chi connectivity index (χ3n) is 2.82. The van der Waals surface area contributed by atoms with Gasteiger partial charge in [0, 0.05) is 6.20 Å². The normalized spacial score (nSPS) is 12.4. The van der Waals surface area contributed by atoms with Crippen LogP contribution in [-0.4, -0.2) is 18.9 Å². The van der Waals surface area contributed by atoms with E-state index in [1.165, 1.54) is 18.2 Å². The zero-order chi connectivity index (χ0) is 16.3. The maximum atomic E-state index is 13.2. The minimum absolute atomic E-state index is 0.00745. The number of primary amides is 1. The van der Waals surface area contributed by atoms with Crippen LogP contribution in [0.25, 0.3) is 0 Å². The number of nitrogens with two attached hydrogens (primary N) is 1. The first-order valence-electron chi connectivity index (χ1n) is 6.30. The van der Waals surface area contributed by atoms with Crippen molar-refractivity contribution in [3.63, 3.8) is 0 Å². The van der Waals surface area contributed by atoms with E-state index in [4.69, 9.17) is 5.73 Å². The minimum Gasteiger partial charge on any atom is -0.368 e. The predicted octanol–water partition coefficient (Wildman–Crippen LogP) is 0.711. The van der Waals surface area contributed by atoms with Crippen LogP contribution in [0, 0.1) is 12.7 Å². The summed E-state index contributed by atoms with van der Waals surface area (Å²) in [6, 6.07) is 8.37. The highest BCUT2D eigenvalue weighted by Gasteiger charge is 2.12. The molecule has 0 atom stereocenters. The lowest BCUT2D eigenvalue weighted by Crippen LogP contribution is -2.29. The minimum atomic E-state index is -3.97. The Balaban J connectivity index is 2.56. The summed E-state index contributed by atoms with van der Waals surface area (Å²) in [4.78, 5) is 11.0. The maximum Gasteiger partial charge on any atom is 0.284 e. The molecule has 0 fully saturated rings. The van der Waals surface area contributed by atoms with Crippen LogP contribution in [0.1, 0.15) is 5.56 Å². The Kier molecular flexibility index (Phi) is 4.41. The summed E-state index contributed by atoms with van der Waals surface area (Å²) in [5.41, 5.74) is 5.89. The van der Waals surface area contributed by atoms with E-state index in [0.717, 1.165) is 22.4 Å². The van der Waals surface area contributed by atoms with Crippen molar-refractivity contribution in [2.45, 2.75) is 18.4 Å². The van der Waals surface area contributed by atoms with Gasteiger partial charge in [-0.15, -0.1) is 4.40 Å². The van der Waals surface area contributed by atoms with Crippen LogP contribution in [0.4, 0.5) is 4.39 Å². The van der Waals surface area contributed by atoms with Crippen molar-refractivity contribution in [1.82, 2.24) is 4.57 Å². The number of rotatable bonds is 4. The number of carbonyl (C=O) groups excluding carboxylic acids is 1. The SMILES string of the molecule is Cc1ccc(S(=O)(=O)/N=c2/ccc(F)cn2CC(N)=O)cc1. The van der Waals surface area contributed by atoms with Crippen LogP contribution in [0.2, 0.25) is 0 Å². The molecule has 0 radical (unpaired) electrons. The molecule has 0 saturated carbocycles. The molecule has 2 aromatic rings. The van der Waals surface area contributed by atoms with Gasteiger partial charge in [0.25, 0.3) is 10.0 Å². The molecular formula is C14H14FN3O3S. The van der Waals surface area contributed by atoms with Crippen LogP contribution in [0.15, 0.2) is 51.9 Å². The molecule has 0 saturated heterocycles. The zero-order valence-corrected chi connectivity index (χ0v) is 12.5. The Hall–Kier alpha value is -2.48. The largest absolute Gasteiger partial charge is 0.368 e. The van der Waals surface area contributed by atoms with Crippen molar-refractivity contribution in [1.29, 1.82) is 0 Å². The van der Waals surface area contributed by atoms with Crippen LogP contribution < -0.4 is 11.2 Å². The Morgan fingerprint density at radius 3 is 2.45 bits per heavy atom. The van der Waals surface area contributed by atoms with Gasteiger partial charge in [0.2, 0.25) is 5.91 Å². The predicted molar refractivity (Wildman–Crippen MR) is 77.5 cm³/mol. The lowest BCUT2D eigenvalue weighted by molar-refractivity contribution is -0.118. The second-order valence-electron chi connectivity index (χ2n) is 4.68. The third-order valence-corrected chi connectivity index (χ3v) is 4.12. The highest BCUT2D eigenvalue weighted by atomic mass is 32.2. The van der Waals surface area contributed by atoms with Gasteiger partial charge in [0.05, 0.1) is 4.90 Å². The quantitative estimate of drug-likeness (QED) is 0.898. The first kappa shape index (κ1) is 15.9. The summed E-state index contributed by atoms with van der Waals surface area (Å²) in [7, 11) is -3.97. The fourth-order valence-corrected chi connectivity index (χ4v) is 2.77. The Labute approximate surface area is 126 Å². The summed E-state index contributed by atoms with van der Waals surface area (Å²) < 4.78 is 42.4. The number of aromatic nitrogens is 1. The Bertz CT molecular complexity index is 871. The molecule has 0 unspecified atom stereocenters. The van der Waals surface area contributed by atoms with Gasteiger partial charge in [-0.25, -0.2) is 4.39 Å². The van der Waals surface area contributed by atoms with E-state index in [9.17, 15) is 17.6 Å². The number of hydrogen-bond donors (Lipinski definition) is 1. The molecule has 1 aromatic carbocycles. The summed E-state index contributed by atoms with van der Waals surface area (Å²) >= 11 is 0. The van der Waals surface area contributed by atoms with Crippen molar-refractivity contribution in [3.8, 4) is 0 Å². The Morgan fingerprint density at radius 2 is 1.86 bits per heavy atom. The van der Waals surface area contributed by atoms with Gasteiger partial charge in [-0.05, 0) is 31.2 Å². The van der Waals surface area contributed by atoms with Gasteiger partial charge < -0.3 is 10.3 Å². The van der Waals surface area contributed by atoms with E-state index >= 15 is 0 Å². The van der Waals surface area contributed by atoms with E-state index in [-0.39, 0.29) is 16.9 Å². The number of aryl methyl sites for hydroxylation is 1. The molecule has 0 aliphatic rings. The number of sulfonamides is 1. The summed E-state index contributed by atoms with van der Waals surface area (Å²) in [5.74, 6) is -1.37. The van der Waals surface area contributed by atoms with E-state index in [1.807, 2.05) is 6.92 Å². The van der Waals surface area contributed by atoms with E-state index < -0.39 is 21.7 Å². The van der Waals surface area contributed by atoms with Crippen molar-refractivity contribution in [2.24, 2.45) is 10.1 Å². The van der Waals surface area contributed by atoms with Crippen LogP contribution in [0.3, 0.4) is 0 Å². The highest BCUT2D eigenvalue weighted by molar-refractivity contribution is 7.90. The maximum absolute atomic E-state index is 13.2. The van der Waals surface area contributed by atoms with Crippen LogP contribution >= 0.6 is 0 Å². The number of pyridine rings is 1. The molecule has 0 bridgehead atoms. The van der Waals surface area contributed by atoms with Gasteiger partial charge in [-0.3, -0.25) is 4.79 Å². The smallest absolute Gasteiger partial charge is 0.284 e. The topological polar surface area (TPSA) is 94.5 Å². The number of halogens is 1. The van der Waals surface area contributed by atoms with Crippen molar-refractivity contribution in [3.05, 3.63) is 59.5 Å². The standard InChI is InChI=1S/C14H14FN3O3S/c1-10-2-5-12(6-3-10)22(20,21)17-14-7-4-11(15)8-18(14)9-13(16)19/h2-8H,9H2,1H3,(H2,16,19)/b17-14-. The number of benzene rings is 1. The second kappa shape index (κ2) is 6.10. The Morgan fingerprint density at radius 1 is 1.23 bits per heavy atom. The second-order valence-corrected chi connectivity index (χ2v) is 6.28. The van der Waals surface area contributed by atoms with Gasteiger partial charge in [-0.2, -0.15) is 8.42 Å². The average molecular weight is 323 g/mol. The molecule has 116 valence electrons. The van der Waals surface area contributed by atoms with Crippen molar-refractivity contribution in [2.75, 3.05) is 0 Å². The lowest BCUT2D eigenvalue weighted by Gasteiger charge is -2.05. The first-order valence-corrected chi connectivity index (χ1v) is 7.74. The molecule has 22 heavy (non-hydrogen) atoms. The van der Waals surface area contributed by atoms with E-state index in [0.29, 0.717) is 0 Å². The molecular weight excluding hydrogens is 309 g/mol. The average Bonchev–Trinajstić information content (AvgIpc) is 2.41. The van der Waals surface area contributed by atoms with E-state index in [1.54, 1.807) is 12.1 Å². The lowest BCUT2D eigenvalue weighted by atomic mass is 10.2. The fraction of sp³-hybridized carbons (Fsp3) is 0.143. The molecule has 0 aliphatic heterocycles. The first-order chi connectivity index (χ1) is 10.3. The number of carbonyl (C=O) groups is 1. The third kappa shape index (κ3) is 3.79. The molecule has 6 nitrogen and oxygen atoms in total. The van der Waals surface area contributed by atoms with Crippen LogP contribution in [-0.2, 0) is 21.4 Å². The van der Waals surface area contributed by atoms with Crippen molar-refractivity contribution < 1.29 is 17.6 Å². The summed E-state index contributed by atoms with van der Waals surface area (Å²) in [5, 5.41) is 0. The van der Waals surface area contributed by atoms with Crippen molar-refractivity contribution >= 4 is 15.9 Å². The molecule has 8 heteroatoms.